The first-order valence-corrected chi connectivity index (χ1v) is 22.3. The number of nitrogens with zero attached hydrogens (tertiary/aromatic N) is 2. The lowest BCUT2D eigenvalue weighted by molar-refractivity contribution is 0.590. The van der Waals surface area contributed by atoms with E-state index in [1.165, 1.54) is 71.5 Å². The van der Waals surface area contributed by atoms with Crippen molar-refractivity contribution >= 4 is 49.6 Å². The highest BCUT2D eigenvalue weighted by atomic mass is 15.1. The lowest BCUT2D eigenvalue weighted by Crippen LogP contribution is -2.15. The number of para-hydroxylation sites is 4. The van der Waals surface area contributed by atoms with E-state index in [-0.39, 0.29) is 5.41 Å². The third-order valence-corrected chi connectivity index (χ3v) is 12.7. The largest absolute Gasteiger partial charge is 0.309 e. The van der Waals surface area contributed by atoms with Crippen molar-refractivity contribution in [2.24, 2.45) is 0 Å². The van der Waals surface area contributed by atoms with Crippen LogP contribution in [0.1, 0.15) is 26.3 Å². The minimum Gasteiger partial charge on any atom is -0.309 e. The molecule has 0 aliphatic rings. The van der Waals surface area contributed by atoms with Gasteiger partial charge in [0, 0.05) is 38.8 Å². The predicted octanol–water partition coefficient (Wildman–Crippen LogP) is 17.4. The Kier molecular flexibility index (Phi) is 9.78. The Hall–Kier alpha value is -7.94. The molecule has 1 heterocycles. The molecule has 0 radical (unpaired) electrons. The zero-order chi connectivity index (χ0) is 43.2. The molecule has 64 heavy (non-hydrogen) atoms. The van der Waals surface area contributed by atoms with Crippen LogP contribution in [0.4, 0.5) is 17.1 Å². The summed E-state index contributed by atoms with van der Waals surface area (Å²) in [4.78, 5) is 2.50. The molecule has 0 aliphatic heterocycles. The summed E-state index contributed by atoms with van der Waals surface area (Å²) < 4.78 is 2.43. The van der Waals surface area contributed by atoms with Crippen molar-refractivity contribution in [3.63, 3.8) is 0 Å². The van der Waals surface area contributed by atoms with E-state index in [2.05, 4.69) is 267 Å². The normalized spacial score (nSPS) is 11.7. The molecular weight excluding hydrogens is 773 g/mol. The first-order valence-electron chi connectivity index (χ1n) is 22.3. The van der Waals surface area contributed by atoms with Crippen LogP contribution in [0.25, 0.3) is 82.8 Å². The van der Waals surface area contributed by atoms with Crippen molar-refractivity contribution in [2.45, 2.75) is 26.2 Å². The summed E-state index contributed by atoms with van der Waals surface area (Å²) in [7, 11) is 0. The molecule has 0 spiro atoms. The number of fused-ring (bicyclic) bond motifs is 4. The Morgan fingerprint density at radius 1 is 0.375 bits per heavy atom. The van der Waals surface area contributed by atoms with Crippen LogP contribution in [-0.4, -0.2) is 4.57 Å². The number of benzene rings is 10. The lowest BCUT2D eigenvalue weighted by Gasteiger charge is -2.32. The fourth-order valence-corrected chi connectivity index (χ4v) is 9.68. The predicted molar refractivity (Wildman–Crippen MR) is 273 cm³/mol. The average molecular weight is 821 g/mol. The van der Waals surface area contributed by atoms with Gasteiger partial charge >= 0.3 is 0 Å². The van der Waals surface area contributed by atoms with Gasteiger partial charge in [0.2, 0.25) is 0 Å². The number of hydrogen-bond donors (Lipinski definition) is 0. The summed E-state index contributed by atoms with van der Waals surface area (Å²) in [5.74, 6) is 0. The summed E-state index contributed by atoms with van der Waals surface area (Å²) in [6, 6.07) is 86.6. The molecule has 0 atom stereocenters. The van der Waals surface area contributed by atoms with Gasteiger partial charge in [-0.15, -0.1) is 0 Å². The van der Waals surface area contributed by atoms with E-state index in [9.17, 15) is 0 Å². The van der Waals surface area contributed by atoms with E-state index in [1.807, 2.05) is 0 Å². The van der Waals surface area contributed by atoms with Crippen molar-refractivity contribution in [3.05, 3.63) is 242 Å². The quantitative estimate of drug-likeness (QED) is 0.148. The summed E-state index contributed by atoms with van der Waals surface area (Å²) in [5, 5.41) is 4.93. The van der Waals surface area contributed by atoms with Gasteiger partial charge in [-0.3, -0.25) is 0 Å². The molecule has 11 rings (SSSR count). The van der Waals surface area contributed by atoms with Crippen LogP contribution in [-0.2, 0) is 5.41 Å². The van der Waals surface area contributed by atoms with Gasteiger partial charge in [0.1, 0.15) is 0 Å². The first kappa shape index (κ1) is 38.9. The number of rotatable bonds is 8. The highest BCUT2D eigenvalue weighted by molar-refractivity contribution is 6.14. The fraction of sp³-hybridized carbons (Fsp3) is 0.0645. The van der Waals surface area contributed by atoms with Crippen LogP contribution < -0.4 is 4.90 Å². The molecule has 0 N–H and O–H groups in total. The van der Waals surface area contributed by atoms with E-state index in [4.69, 9.17) is 0 Å². The Labute approximate surface area is 376 Å². The number of aromatic nitrogens is 1. The molecule has 0 saturated heterocycles. The Balaban J connectivity index is 1.20. The lowest BCUT2D eigenvalue weighted by atomic mass is 9.84. The fourth-order valence-electron chi connectivity index (χ4n) is 9.68. The highest BCUT2D eigenvalue weighted by Crippen LogP contribution is 2.49. The molecule has 0 fully saturated rings. The number of anilines is 3. The third-order valence-electron chi connectivity index (χ3n) is 12.7. The molecular formula is C62H48N2. The van der Waals surface area contributed by atoms with Gasteiger partial charge < -0.3 is 9.47 Å². The first-order chi connectivity index (χ1) is 31.4. The maximum atomic E-state index is 2.50. The number of hydrogen-bond acceptors (Lipinski definition) is 1. The van der Waals surface area contributed by atoms with Gasteiger partial charge in [-0.2, -0.15) is 0 Å². The van der Waals surface area contributed by atoms with E-state index < -0.39 is 0 Å². The van der Waals surface area contributed by atoms with Gasteiger partial charge in [-0.25, -0.2) is 0 Å². The minimum absolute atomic E-state index is 0.0442. The van der Waals surface area contributed by atoms with Crippen molar-refractivity contribution in [1.82, 2.24) is 4.57 Å². The molecule has 1 aromatic heterocycles. The zero-order valence-electron chi connectivity index (χ0n) is 36.4. The van der Waals surface area contributed by atoms with Crippen LogP contribution in [0, 0.1) is 0 Å². The zero-order valence-corrected chi connectivity index (χ0v) is 36.4. The summed E-state index contributed by atoms with van der Waals surface area (Å²) in [6.07, 6.45) is 0. The van der Waals surface area contributed by atoms with Crippen molar-refractivity contribution < 1.29 is 0 Å². The minimum atomic E-state index is -0.0442. The van der Waals surface area contributed by atoms with Crippen LogP contribution in [0.5, 0.6) is 0 Å². The molecule has 0 aliphatic carbocycles. The molecule has 0 saturated carbocycles. The molecule has 11 aromatic rings. The van der Waals surface area contributed by atoms with Gasteiger partial charge in [0.05, 0.1) is 22.4 Å². The van der Waals surface area contributed by atoms with Gasteiger partial charge in [0.15, 0.2) is 0 Å². The summed E-state index contributed by atoms with van der Waals surface area (Å²) in [5.41, 5.74) is 17.5. The maximum Gasteiger partial charge on any atom is 0.0619 e. The second-order valence-electron chi connectivity index (χ2n) is 17.7. The van der Waals surface area contributed by atoms with E-state index in [1.54, 1.807) is 0 Å². The Morgan fingerprint density at radius 3 is 1.67 bits per heavy atom. The Morgan fingerprint density at radius 2 is 0.922 bits per heavy atom. The van der Waals surface area contributed by atoms with Crippen LogP contribution >= 0.6 is 0 Å². The topological polar surface area (TPSA) is 8.17 Å². The summed E-state index contributed by atoms with van der Waals surface area (Å²) in [6.45, 7) is 6.90. The molecule has 0 amide bonds. The van der Waals surface area contributed by atoms with Crippen molar-refractivity contribution in [1.29, 1.82) is 0 Å². The monoisotopic (exact) mass is 820 g/mol. The van der Waals surface area contributed by atoms with Gasteiger partial charge in [-0.05, 0) is 98.1 Å². The van der Waals surface area contributed by atoms with Crippen LogP contribution in [0.3, 0.4) is 0 Å². The molecule has 306 valence electrons. The van der Waals surface area contributed by atoms with E-state index in [0.29, 0.717) is 0 Å². The van der Waals surface area contributed by atoms with E-state index in [0.717, 1.165) is 33.9 Å². The molecule has 2 nitrogen and oxygen atoms in total. The van der Waals surface area contributed by atoms with Crippen molar-refractivity contribution in [2.75, 3.05) is 4.90 Å². The van der Waals surface area contributed by atoms with Gasteiger partial charge in [0.25, 0.3) is 0 Å². The average Bonchev–Trinajstić information content (AvgIpc) is 3.69. The summed E-state index contributed by atoms with van der Waals surface area (Å²) >= 11 is 0. The molecule has 10 aromatic carbocycles. The smallest absolute Gasteiger partial charge is 0.0619 e. The second-order valence-corrected chi connectivity index (χ2v) is 17.7. The third kappa shape index (κ3) is 6.85. The molecule has 0 unspecified atom stereocenters. The SMILES string of the molecule is CC(C)(C)c1ccc(N(c2cccc(-c3cccc4c5ccccc5n(-c5ccccc5)c34)c2)c2ccccc2-c2cccc3cccc(-c4ccccc4)c23)c(-c2ccccc2)c1. The maximum absolute atomic E-state index is 2.50. The molecule has 0 bridgehead atoms. The standard InChI is InChI=1S/C62H48N2/c1-62(2,3)47-39-40-59(56(42-47)44-23-9-5-10-24-44)63(57-37-15-13-31-52(57)54-35-19-26-45-25-18-33-50(60(45)54)43-21-7-4-8-22-43)49-30-17-27-46(41-49)51-34-20-36-55-53-32-14-16-38-58(53)64(61(51)55)48-28-11-6-12-29-48/h4-42H,1-3H3. The molecule has 2 heteroatoms. The Bertz CT molecular complexity index is 3460. The van der Waals surface area contributed by atoms with Gasteiger partial charge in [-0.1, -0.05) is 209 Å². The highest BCUT2D eigenvalue weighted by Gasteiger charge is 2.25. The van der Waals surface area contributed by atoms with Crippen LogP contribution in [0.2, 0.25) is 0 Å². The van der Waals surface area contributed by atoms with E-state index >= 15 is 0 Å². The van der Waals surface area contributed by atoms with Crippen LogP contribution in [0.15, 0.2) is 237 Å². The van der Waals surface area contributed by atoms with Crippen molar-refractivity contribution in [3.8, 4) is 50.2 Å². The second kappa shape index (κ2) is 16.1.